The van der Waals surface area contributed by atoms with Gasteiger partial charge in [-0.15, -0.1) is 0 Å². The fourth-order valence-electron chi connectivity index (χ4n) is 2.83. The molecule has 1 aliphatic rings. The molecule has 2 aromatic carbocycles. The summed E-state index contributed by atoms with van der Waals surface area (Å²) in [5.74, 6) is -0.466. The van der Waals surface area contributed by atoms with Gasteiger partial charge in [-0.3, -0.25) is 14.8 Å². The molecular formula is C19H12ClN3O3. The lowest BCUT2D eigenvalue weighted by atomic mass is 10.1. The lowest BCUT2D eigenvalue weighted by Gasteiger charge is -2.10. The van der Waals surface area contributed by atoms with Gasteiger partial charge in [0.2, 0.25) is 5.88 Å². The molecule has 0 unspecified atom stereocenters. The maximum Gasteiger partial charge on any atom is 0.335 e. The number of rotatable bonds is 2. The first-order valence-corrected chi connectivity index (χ1v) is 8.12. The Hall–Kier alpha value is -3.38. The van der Waals surface area contributed by atoms with Crippen LogP contribution in [-0.4, -0.2) is 20.9 Å². The van der Waals surface area contributed by atoms with Crippen LogP contribution in [0.5, 0.6) is 5.88 Å². The second kappa shape index (κ2) is 6.16. The number of aromatic hydroxyl groups is 1. The molecule has 7 heteroatoms. The Labute approximate surface area is 152 Å². The van der Waals surface area contributed by atoms with Crippen molar-refractivity contribution in [3.63, 3.8) is 0 Å². The molecule has 1 aliphatic heterocycles. The second-order valence-electron chi connectivity index (χ2n) is 5.69. The van der Waals surface area contributed by atoms with Crippen molar-refractivity contribution in [3.8, 4) is 11.6 Å². The predicted octanol–water partition coefficient (Wildman–Crippen LogP) is 3.14. The van der Waals surface area contributed by atoms with E-state index >= 15 is 0 Å². The highest BCUT2D eigenvalue weighted by atomic mass is 35.5. The van der Waals surface area contributed by atoms with Gasteiger partial charge in [0.15, 0.2) is 0 Å². The van der Waals surface area contributed by atoms with Gasteiger partial charge in [0.25, 0.3) is 5.56 Å². The number of allylic oxidation sites excluding steroid dienone is 1. The quantitative estimate of drug-likeness (QED) is 0.731. The summed E-state index contributed by atoms with van der Waals surface area (Å²) in [4.78, 5) is 31.0. The topological polar surface area (TPSA) is 87.5 Å². The Morgan fingerprint density at radius 3 is 2.73 bits per heavy atom. The van der Waals surface area contributed by atoms with Crippen molar-refractivity contribution in [3.05, 3.63) is 85.5 Å². The fraction of sp³-hybridized carbons (Fsp3) is 0. The lowest BCUT2D eigenvalue weighted by Crippen LogP contribution is -2.30. The molecule has 3 aromatic rings. The number of H-pyrrole nitrogens is 1. The molecule has 0 saturated carbocycles. The van der Waals surface area contributed by atoms with Gasteiger partial charge in [-0.05, 0) is 30.3 Å². The van der Waals surface area contributed by atoms with Crippen LogP contribution in [0.2, 0.25) is 5.02 Å². The van der Waals surface area contributed by atoms with Gasteiger partial charge in [-0.1, -0.05) is 35.9 Å². The van der Waals surface area contributed by atoms with Crippen LogP contribution >= 0.6 is 11.6 Å². The molecule has 26 heavy (non-hydrogen) atoms. The van der Waals surface area contributed by atoms with Crippen LogP contribution in [0.15, 0.2) is 63.1 Å². The van der Waals surface area contributed by atoms with E-state index in [-0.39, 0.29) is 5.56 Å². The number of benzene rings is 2. The molecule has 4 rings (SSSR count). The largest absolute Gasteiger partial charge is 0.494 e. The molecule has 2 heterocycles. The summed E-state index contributed by atoms with van der Waals surface area (Å²) in [6.45, 7) is 0. The number of hydrogen-bond acceptors (Lipinski definition) is 4. The first-order valence-electron chi connectivity index (χ1n) is 7.74. The third-order valence-corrected chi connectivity index (χ3v) is 4.28. The van der Waals surface area contributed by atoms with Crippen LogP contribution in [0.4, 0.5) is 5.69 Å². The minimum absolute atomic E-state index is 0.0391. The Bertz CT molecular complexity index is 1210. The zero-order chi connectivity index (χ0) is 18.3. The van der Waals surface area contributed by atoms with Crippen LogP contribution in [0.25, 0.3) is 17.3 Å². The van der Waals surface area contributed by atoms with Gasteiger partial charge in [0.1, 0.15) is 5.56 Å². The Morgan fingerprint density at radius 2 is 1.92 bits per heavy atom. The molecule has 1 aromatic heterocycles. The number of nitrogens with one attached hydrogen (secondary N) is 1. The van der Waals surface area contributed by atoms with E-state index in [1.807, 2.05) is 24.3 Å². The maximum atomic E-state index is 12.3. The Balaban J connectivity index is 1.93. The monoisotopic (exact) mass is 365 g/mol. The number of nitrogens with zero attached hydrogens (tertiary/aromatic N) is 2. The molecule has 0 saturated heterocycles. The first kappa shape index (κ1) is 16.1. The van der Waals surface area contributed by atoms with E-state index in [0.29, 0.717) is 16.3 Å². The maximum absolute atomic E-state index is 12.3. The predicted molar refractivity (Wildman–Crippen MR) is 102 cm³/mol. The number of aliphatic imine (C=N–C) groups is 1. The van der Waals surface area contributed by atoms with Crippen LogP contribution in [0.3, 0.4) is 0 Å². The highest BCUT2D eigenvalue weighted by Crippen LogP contribution is 2.32. The molecule has 0 radical (unpaired) electrons. The standard InChI is InChI=1S/C19H12ClN3O3/c20-12-4-3-5-13(9-12)23-18(25)15(17(24)22-19(23)26)8-11-10-21-16-7-2-1-6-14(11)16/h1-10,25H,(H,22,24,26)/b11-8+. The summed E-state index contributed by atoms with van der Waals surface area (Å²) in [5.41, 5.74) is 1.15. The van der Waals surface area contributed by atoms with Gasteiger partial charge < -0.3 is 5.11 Å². The van der Waals surface area contributed by atoms with Crippen LogP contribution in [0, 0.1) is 0 Å². The molecule has 128 valence electrons. The van der Waals surface area contributed by atoms with E-state index in [0.717, 1.165) is 15.8 Å². The molecule has 6 nitrogen and oxygen atoms in total. The third-order valence-electron chi connectivity index (χ3n) is 4.04. The number of fused-ring (bicyclic) bond motifs is 1. The number of hydrogen-bond donors (Lipinski definition) is 2. The first-order chi connectivity index (χ1) is 12.5. The van der Waals surface area contributed by atoms with Crippen LogP contribution < -0.4 is 11.2 Å². The molecule has 0 bridgehead atoms. The zero-order valence-corrected chi connectivity index (χ0v) is 14.1. The molecule has 0 aliphatic carbocycles. The van der Waals surface area contributed by atoms with Gasteiger partial charge in [0, 0.05) is 22.4 Å². The molecule has 0 fully saturated rings. The highest BCUT2D eigenvalue weighted by molar-refractivity contribution is 6.30. The van der Waals surface area contributed by atoms with E-state index in [2.05, 4.69) is 9.98 Å². The molecule has 0 atom stereocenters. The second-order valence-corrected chi connectivity index (χ2v) is 6.12. The average Bonchev–Trinajstić information content (AvgIpc) is 3.01. The van der Waals surface area contributed by atoms with Crippen molar-refractivity contribution in [2.75, 3.05) is 0 Å². The van der Waals surface area contributed by atoms with Crippen molar-refractivity contribution < 1.29 is 5.11 Å². The van der Waals surface area contributed by atoms with Crippen molar-refractivity contribution >= 4 is 35.2 Å². The summed E-state index contributed by atoms with van der Waals surface area (Å²) < 4.78 is 0.998. The van der Waals surface area contributed by atoms with E-state index in [1.54, 1.807) is 24.4 Å². The normalized spacial score (nSPS) is 14.0. The van der Waals surface area contributed by atoms with Gasteiger partial charge in [-0.25, -0.2) is 9.36 Å². The highest BCUT2D eigenvalue weighted by Gasteiger charge is 2.17. The zero-order valence-electron chi connectivity index (χ0n) is 13.3. The van der Waals surface area contributed by atoms with Crippen molar-refractivity contribution in [1.82, 2.24) is 9.55 Å². The van der Waals surface area contributed by atoms with E-state index in [1.165, 1.54) is 12.1 Å². The van der Waals surface area contributed by atoms with Gasteiger partial charge >= 0.3 is 5.69 Å². The average molecular weight is 366 g/mol. The van der Waals surface area contributed by atoms with E-state index in [9.17, 15) is 14.7 Å². The Kier molecular flexibility index (Phi) is 3.82. The van der Waals surface area contributed by atoms with Crippen molar-refractivity contribution in [2.24, 2.45) is 4.99 Å². The number of aromatic nitrogens is 2. The van der Waals surface area contributed by atoms with Crippen LogP contribution in [-0.2, 0) is 0 Å². The minimum atomic E-state index is -0.752. The minimum Gasteiger partial charge on any atom is -0.494 e. The van der Waals surface area contributed by atoms with Gasteiger partial charge in [-0.2, -0.15) is 0 Å². The summed E-state index contributed by atoms with van der Waals surface area (Å²) in [5, 5.41) is 11.0. The van der Waals surface area contributed by atoms with Gasteiger partial charge in [0.05, 0.1) is 11.4 Å². The number of para-hydroxylation sites is 1. The summed E-state index contributed by atoms with van der Waals surface area (Å²) in [7, 11) is 0. The molecule has 0 amide bonds. The molecule has 0 spiro atoms. The van der Waals surface area contributed by atoms with E-state index < -0.39 is 17.1 Å². The number of halogens is 1. The summed E-state index contributed by atoms with van der Waals surface area (Å²) >= 11 is 5.97. The fourth-order valence-corrected chi connectivity index (χ4v) is 3.02. The molecule has 2 N–H and O–H groups in total. The third kappa shape index (κ3) is 2.66. The lowest BCUT2D eigenvalue weighted by molar-refractivity contribution is 0.429. The van der Waals surface area contributed by atoms with Crippen LogP contribution in [0.1, 0.15) is 11.1 Å². The summed E-state index contributed by atoms with van der Waals surface area (Å²) in [6.07, 6.45) is 3.11. The molecular weight excluding hydrogens is 354 g/mol. The van der Waals surface area contributed by atoms with Crippen molar-refractivity contribution in [2.45, 2.75) is 0 Å². The smallest absolute Gasteiger partial charge is 0.335 e. The van der Waals surface area contributed by atoms with Crippen molar-refractivity contribution in [1.29, 1.82) is 0 Å². The SMILES string of the molecule is O=c1[nH]c(=O)n(-c2cccc(Cl)c2)c(O)c1/C=C1\C=Nc2ccccc21. The Morgan fingerprint density at radius 1 is 1.12 bits per heavy atom. The van der Waals surface area contributed by atoms with E-state index in [4.69, 9.17) is 11.6 Å². The number of aromatic amines is 1. The summed E-state index contributed by atoms with van der Waals surface area (Å²) in [6, 6.07) is 13.9.